The van der Waals surface area contributed by atoms with Crippen LogP contribution >= 0.6 is 0 Å². The molecule has 0 bridgehead atoms. The van der Waals surface area contributed by atoms with Gasteiger partial charge in [-0.15, -0.1) is 0 Å². The summed E-state index contributed by atoms with van der Waals surface area (Å²) in [5.74, 6) is 0.219. The van der Waals surface area contributed by atoms with Crippen molar-refractivity contribution in [3.05, 3.63) is 11.3 Å². The Labute approximate surface area is 83.8 Å². The minimum absolute atomic E-state index is 0.148. The number of nitrogens with zero attached hydrogens (tertiary/aromatic N) is 2. The van der Waals surface area contributed by atoms with Crippen LogP contribution in [-0.2, 0) is 13.0 Å². The predicted molar refractivity (Wildman–Crippen MR) is 46.0 cm³/mol. The average Bonchev–Trinajstić information content (AvgIpc) is 2.45. The van der Waals surface area contributed by atoms with Gasteiger partial charge in [0.05, 0.1) is 6.54 Å². The highest BCUT2D eigenvalue weighted by Gasteiger charge is 2.33. The first-order chi connectivity index (χ1) is 6.96. The van der Waals surface area contributed by atoms with Gasteiger partial charge in [-0.1, -0.05) is 5.16 Å². The zero-order valence-corrected chi connectivity index (χ0v) is 7.84. The van der Waals surface area contributed by atoms with Crippen LogP contribution in [0.25, 0.3) is 0 Å². The largest absolute Gasteiger partial charge is 0.401 e. The van der Waals surface area contributed by atoms with Crippen molar-refractivity contribution in [2.24, 2.45) is 0 Å². The third-order valence-corrected chi connectivity index (χ3v) is 2.35. The second kappa shape index (κ2) is 3.41. The van der Waals surface area contributed by atoms with Crippen LogP contribution in [0.5, 0.6) is 0 Å². The van der Waals surface area contributed by atoms with Gasteiger partial charge in [0.15, 0.2) is 0 Å². The number of nitrogen functional groups attached to an aromatic ring is 1. The highest BCUT2D eigenvalue weighted by Crippen LogP contribution is 2.25. The number of halogens is 3. The molecule has 2 N–H and O–H groups in total. The lowest BCUT2D eigenvalue weighted by Crippen LogP contribution is -2.37. The summed E-state index contributed by atoms with van der Waals surface area (Å²) in [5.41, 5.74) is 6.72. The molecule has 2 heterocycles. The molecule has 1 aromatic rings. The maximum absolute atomic E-state index is 12.1. The van der Waals surface area contributed by atoms with Gasteiger partial charge in [0.2, 0.25) is 5.88 Å². The summed E-state index contributed by atoms with van der Waals surface area (Å²) in [6, 6.07) is 0. The highest BCUT2D eigenvalue weighted by atomic mass is 19.4. The van der Waals surface area contributed by atoms with Crippen molar-refractivity contribution in [1.29, 1.82) is 0 Å². The maximum Gasteiger partial charge on any atom is 0.401 e. The number of hydrogen-bond acceptors (Lipinski definition) is 4. The number of fused-ring (bicyclic) bond motifs is 1. The van der Waals surface area contributed by atoms with Gasteiger partial charge in [0.1, 0.15) is 5.69 Å². The summed E-state index contributed by atoms with van der Waals surface area (Å²) >= 11 is 0. The van der Waals surface area contributed by atoms with E-state index < -0.39 is 12.7 Å². The molecular formula is C8H10F3N3O. The number of alkyl halides is 3. The summed E-state index contributed by atoms with van der Waals surface area (Å²) in [6.07, 6.45) is -3.71. The monoisotopic (exact) mass is 221 g/mol. The first kappa shape index (κ1) is 10.3. The normalized spacial score (nSPS) is 17.8. The summed E-state index contributed by atoms with van der Waals surface area (Å²) in [7, 11) is 0. The average molecular weight is 221 g/mol. The van der Waals surface area contributed by atoms with Crippen LogP contribution in [0.4, 0.5) is 19.1 Å². The first-order valence-electron chi connectivity index (χ1n) is 4.48. The van der Waals surface area contributed by atoms with Crippen molar-refractivity contribution < 1.29 is 17.7 Å². The zero-order chi connectivity index (χ0) is 11.1. The van der Waals surface area contributed by atoms with Gasteiger partial charge in [-0.2, -0.15) is 13.2 Å². The molecule has 4 nitrogen and oxygen atoms in total. The van der Waals surface area contributed by atoms with Gasteiger partial charge >= 0.3 is 6.18 Å². The molecule has 0 unspecified atom stereocenters. The Morgan fingerprint density at radius 2 is 2.20 bits per heavy atom. The lowest BCUT2D eigenvalue weighted by Gasteiger charge is -2.26. The quantitative estimate of drug-likeness (QED) is 0.773. The lowest BCUT2D eigenvalue weighted by molar-refractivity contribution is -0.147. The Kier molecular flexibility index (Phi) is 2.34. The van der Waals surface area contributed by atoms with Crippen molar-refractivity contribution in [2.75, 3.05) is 18.8 Å². The lowest BCUT2D eigenvalue weighted by atomic mass is 10.1. The van der Waals surface area contributed by atoms with Gasteiger partial charge in [0, 0.05) is 18.7 Å². The molecule has 7 heteroatoms. The predicted octanol–water partition coefficient (Wildman–Crippen LogP) is 1.18. The van der Waals surface area contributed by atoms with E-state index >= 15 is 0 Å². The van der Waals surface area contributed by atoms with Crippen molar-refractivity contribution in [2.45, 2.75) is 19.1 Å². The second-order valence-electron chi connectivity index (χ2n) is 3.55. The van der Waals surface area contributed by atoms with E-state index in [1.54, 1.807) is 0 Å². The van der Waals surface area contributed by atoms with Gasteiger partial charge in [0.25, 0.3) is 0 Å². The van der Waals surface area contributed by atoms with Crippen LogP contribution in [0.15, 0.2) is 4.52 Å². The molecule has 15 heavy (non-hydrogen) atoms. The Hall–Kier alpha value is -1.24. The standard InChI is InChI=1S/C8H10F3N3O/c9-8(10,11)4-14-2-1-5-6(3-14)13-15-7(5)12/h1-4,12H2. The third kappa shape index (κ3) is 2.23. The Morgan fingerprint density at radius 3 is 2.87 bits per heavy atom. The molecule has 1 aromatic heterocycles. The summed E-state index contributed by atoms with van der Waals surface area (Å²) in [5, 5.41) is 3.63. The molecule has 0 atom stereocenters. The van der Waals surface area contributed by atoms with E-state index in [1.807, 2.05) is 0 Å². The molecule has 0 aromatic carbocycles. The summed E-state index contributed by atoms with van der Waals surface area (Å²) in [6.45, 7) is -0.438. The van der Waals surface area contributed by atoms with E-state index in [9.17, 15) is 13.2 Å². The summed E-state index contributed by atoms with van der Waals surface area (Å²) < 4.78 is 41.0. The van der Waals surface area contributed by atoms with Crippen molar-refractivity contribution in [1.82, 2.24) is 10.1 Å². The number of nitrogens with two attached hydrogens (primary N) is 1. The maximum atomic E-state index is 12.1. The molecule has 0 saturated carbocycles. The fraction of sp³-hybridized carbons (Fsp3) is 0.625. The Bertz CT molecular complexity index is 361. The molecular weight excluding hydrogens is 211 g/mol. The zero-order valence-electron chi connectivity index (χ0n) is 7.84. The molecule has 2 rings (SSSR count). The Balaban J connectivity index is 2.06. The third-order valence-electron chi connectivity index (χ3n) is 2.35. The number of hydrogen-bond donors (Lipinski definition) is 1. The highest BCUT2D eigenvalue weighted by molar-refractivity contribution is 5.40. The van der Waals surface area contributed by atoms with E-state index in [0.717, 1.165) is 5.56 Å². The van der Waals surface area contributed by atoms with Crippen LogP contribution in [-0.4, -0.2) is 29.3 Å². The SMILES string of the molecule is Nc1onc2c1CCN(CC(F)(F)F)C2. The molecule has 0 radical (unpaired) electrons. The van der Waals surface area contributed by atoms with Crippen molar-refractivity contribution in [3.63, 3.8) is 0 Å². The molecule has 0 saturated heterocycles. The minimum atomic E-state index is -4.17. The van der Waals surface area contributed by atoms with Gasteiger partial charge < -0.3 is 10.3 Å². The Morgan fingerprint density at radius 1 is 1.47 bits per heavy atom. The minimum Gasteiger partial charge on any atom is -0.367 e. The van der Waals surface area contributed by atoms with E-state index in [0.29, 0.717) is 18.7 Å². The van der Waals surface area contributed by atoms with Crippen LogP contribution in [0.2, 0.25) is 0 Å². The summed E-state index contributed by atoms with van der Waals surface area (Å²) in [4.78, 5) is 1.28. The molecule has 1 aliphatic rings. The number of rotatable bonds is 1. The number of anilines is 1. The van der Waals surface area contributed by atoms with E-state index in [1.165, 1.54) is 4.90 Å². The molecule has 0 amide bonds. The smallest absolute Gasteiger partial charge is 0.367 e. The molecule has 84 valence electrons. The second-order valence-corrected chi connectivity index (χ2v) is 3.55. The van der Waals surface area contributed by atoms with Crippen LogP contribution in [0.3, 0.4) is 0 Å². The fourth-order valence-corrected chi connectivity index (χ4v) is 1.70. The van der Waals surface area contributed by atoms with E-state index in [-0.39, 0.29) is 12.4 Å². The first-order valence-corrected chi connectivity index (χ1v) is 4.48. The molecule has 0 aliphatic carbocycles. The van der Waals surface area contributed by atoms with Crippen molar-refractivity contribution in [3.8, 4) is 0 Å². The van der Waals surface area contributed by atoms with Gasteiger partial charge in [-0.05, 0) is 6.42 Å². The van der Waals surface area contributed by atoms with Gasteiger partial charge in [-0.25, -0.2) is 0 Å². The van der Waals surface area contributed by atoms with E-state index in [2.05, 4.69) is 5.16 Å². The fourth-order valence-electron chi connectivity index (χ4n) is 1.70. The molecule has 0 fully saturated rings. The number of aromatic nitrogens is 1. The topological polar surface area (TPSA) is 55.3 Å². The van der Waals surface area contributed by atoms with Crippen LogP contribution < -0.4 is 5.73 Å². The van der Waals surface area contributed by atoms with Gasteiger partial charge in [-0.3, -0.25) is 4.90 Å². The van der Waals surface area contributed by atoms with E-state index in [4.69, 9.17) is 10.3 Å². The van der Waals surface area contributed by atoms with Crippen LogP contribution in [0, 0.1) is 0 Å². The molecule has 1 aliphatic heterocycles. The molecule has 0 spiro atoms. The van der Waals surface area contributed by atoms with Crippen molar-refractivity contribution >= 4 is 5.88 Å². The van der Waals surface area contributed by atoms with Crippen LogP contribution in [0.1, 0.15) is 11.3 Å².